The molecule has 0 spiro atoms. The van der Waals surface area contributed by atoms with Gasteiger partial charge in [-0.05, 0) is 37.6 Å². The van der Waals surface area contributed by atoms with Gasteiger partial charge in [0, 0.05) is 49.5 Å². The van der Waals surface area contributed by atoms with Crippen molar-refractivity contribution in [3.63, 3.8) is 0 Å². The number of hydrogen-bond acceptors (Lipinski definition) is 7. The van der Waals surface area contributed by atoms with Crippen LogP contribution in [0.15, 0.2) is 70.4 Å². The number of aliphatic imine (C=N–C) groups is 1. The molecule has 1 fully saturated rings. The van der Waals surface area contributed by atoms with Crippen molar-refractivity contribution in [1.29, 1.82) is 0 Å². The molecule has 2 aromatic carbocycles. The van der Waals surface area contributed by atoms with Crippen LogP contribution in [0.3, 0.4) is 0 Å². The maximum absolute atomic E-state index is 13.7. The Morgan fingerprint density at radius 3 is 2.54 bits per heavy atom. The number of ether oxygens (including phenoxy) is 1. The fourth-order valence-corrected chi connectivity index (χ4v) is 5.28. The molecule has 35 heavy (non-hydrogen) atoms. The Morgan fingerprint density at radius 1 is 1.03 bits per heavy atom. The number of benzene rings is 2. The highest BCUT2D eigenvalue weighted by Gasteiger charge is 2.43. The van der Waals surface area contributed by atoms with Gasteiger partial charge in [0.25, 0.3) is 0 Å². The van der Waals surface area contributed by atoms with E-state index in [1.807, 2.05) is 31.2 Å². The van der Waals surface area contributed by atoms with Crippen molar-refractivity contribution in [2.75, 3.05) is 39.3 Å². The van der Waals surface area contributed by atoms with Crippen molar-refractivity contribution in [3.8, 4) is 5.75 Å². The standard InChI is InChI=1S/C28H28N4O3/c1-17-6-4-9-21-25(17)31-26-22(35-21)16-20(30-10-5-13-32-14-11-29-12-15-32)23-24(26)28(34)19-8-3-2-7-18(19)27(23)33/h2-4,6-9,16,22,29-30H,5,10-15H2,1H3. The van der Waals surface area contributed by atoms with Crippen LogP contribution in [0.5, 0.6) is 5.75 Å². The molecular weight excluding hydrogens is 440 g/mol. The molecule has 7 nitrogen and oxygen atoms in total. The number of aryl methyl sites for hydroxylation is 1. The summed E-state index contributed by atoms with van der Waals surface area (Å²) in [5.74, 6) is 0.368. The number of allylic oxidation sites excluding steroid dienone is 1. The molecule has 0 aromatic heterocycles. The summed E-state index contributed by atoms with van der Waals surface area (Å²) in [6, 6.07) is 12.8. The van der Waals surface area contributed by atoms with E-state index in [0.29, 0.717) is 51.7 Å². The van der Waals surface area contributed by atoms with Gasteiger partial charge in [0.1, 0.15) is 11.4 Å². The topological polar surface area (TPSA) is 83.0 Å². The minimum atomic E-state index is -0.527. The van der Waals surface area contributed by atoms with E-state index in [-0.39, 0.29) is 11.6 Å². The lowest BCUT2D eigenvalue weighted by atomic mass is 9.76. The molecule has 2 aliphatic heterocycles. The highest BCUT2D eigenvalue weighted by Crippen LogP contribution is 2.42. The van der Waals surface area contributed by atoms with Gasteiger partial charge in [-0.25, -0.2) is 4.99 Å². The highest BCUT2D eigenvalue weighted by molar-refractivity contribution is 6.40. The van der Waals surface area contributed by atoms with E-state index in [4.69, 9.17) is 9.73 Å². The van der Waals surface area contributed by atoms with Gasteiger partial charge < -0.3 is 20.3 Å². The van der Waals surface area contributed by atoms with E-state index < -0.39 is 6.10 Å². The van der Waals surface area contributed by atoms with Crippen molar-refractivity contribution in [2.24, 2.45) is 4.99 Å². The van der Waals surface area contributed by atoms with Gasteiger partial charge in [0.05, 0.1) is 16.9 Å². The van der Waals surface area contributed by atoms with E-state index in [9.17, 15) is 9.59 Å². The molecule has 0 bridgehead atoms. The van der Waals surface area contributed by atoms with E-state index >= 15 is 0 Å². The van der Waals surface area contributed by atoms with Gasteiger partial charge in [0.15, 0.2) is 17.7 Å². The molecule has 2 N–H and O–H groups in total. The molecule has 0 saturated carbocycles. The average molecular weight is 469 g/mol. The number of rotatable bonds is 5. The Hall–Kier alpha value is -3.55. The fraction of sp³-hybridized carbons (Fsp3) is 0.321. The quantitative estimate of drug-likeness (QED) is 0.657. The molecule has 2 aliphatic carbocycles. The fourth-order valence-electron chi connectivity index (χ4n) is 5.28. The number of ketones is 2. The van der Waals surface area contributed by atoms with E-state index in [2.05, 4.69) is 15.5 Å². The zero-order valence-electron chi connectivity index (χ0n) is 19.8. The van der Waals surface area contributed by atoms with Gasteiger partial charge in [0.2, 0.25) is 0 Å². The van der Waals surface area contributed by atoms with Crippen LogP contribution in [0.25, 0.3) is 0 Å². The van der Waals surface area contributed by atoms with Crippen LogP contribution in [0, 0.1) is 6.92 Å². The maximum atomic E-state index is 13.7. The molecule has 7 heteroatoms. The number of nitrogens with one attached hydrogen (secondary N) is 2. The van der Waals surface area contributed by atoms with Gasteiger partial charge >= 0.3 is 0 Å². The Kier molecular flexibility index (Phi) is 5.59. The summed E-state index contributed by atoms with van der Waals surface area (Å²) in [4.78, 5) is 34.7. The second-order valence-corrected chi connectivity index (χ2v) is 9.36. The van der Waals surface area contributed by atoms with Crippen LogP contribution in [-0.2, 0) is 0 Å². The summed E-state index contributed by atoms with van der Waals surface area (Å²) < 4.78 is 6.31. The Labute approximate surface area is 204 Å². The first-order valence-electron chi connectivity index (χ1n) is 12.3. The SMILES string of the molecule is Cc1cccc2c1N=C1C3=C(C(=O)c4ccccc4C3=O)C(NCCCN3CCNCC3)=CC1O2. The van der Waals surface area contributed by atoms with Gasteiger partial charge in [-0.1, -0.05) is 36.4 Å². The number of Topliss-reactive ketones (excluding diaryl/α,β-unsaturated/α-hetero) is 2. The van der Waals surface area contributed by atoms with Crippen molar-refractivity contribution in [3.05, 3.63) is 82.1 Å². The van der Waals surface area contributed by atoms with Crippen LogP contribution >= 0.6 is 0 Å². The predicted molar refractivity (Wildman–Crippen MR) is 135 cm³/mol. The molecular formula is C28H28N4O3. The Bertz CT molecular complexity index is 1320. The number of carbonyl (C=O) groups excluding carboxylic acids is 2. The molecule has 0 radical (unpaired) electrons. The molecule has 1 atom stereocenters. The number of fused-ring (bicyclic) bond motifs is 4. The predicted octanol–water partition coefficient (Wildman–Crippen LogP) is 2.99. The first-order valence-corrected chi connectivity index (χ1v) is 12.3. The van der Waals surface area contributed by atoms with E-state index in [1.165, 1.54) is 0 Å². The minimum absolute atomic E-state index is 0.146. The van der Waals surface area contributed by atoms with Crippen molar-refractivity contribution in [1.82, 2.24) is 15.5 Å². The second-order valence-electron chi connectivity index (χ2n) is 9.36. The Balaban J connectivity index is 1.36. The van der Waals surface area contributed by atoms with Crippen LogP contribution < -0.4 is 15.4 Å². The number of hydrogen-bond donors (Lipinski definition) is 2. The summed E-state index contributed by atoms with van der Waals surface area (Å²) in [5.41, 5.74) is 4.49. The van der Waals surface area contributed by atoms with Crippen molar-refractivity contribution in [2.45, 2.75) is 19.4 Å². The number of nitrogens with zero attached hydrogens (tertiary/aromatic N) is 2. The minimum Gasteiger partial charge on any atom is -0.478 e. The molecule has 178 valence electrons. The summed E-state index contributed by atoms with van der Waals surface area (Å²) in [6.45, 7) is 7.80. The summed E-state index contributed by atoms with van der Waals surface area (Å²) >= 11 is 0. The number of para-hydroxylation sites is 1. The molecule has 2 aromatic rings. The van der Waals surface area contributed by atoms with Crippen LogP contribution in [-0.4, -0.2) is 67.6 Å². The van der Waals surface area contributed by atoms with E-state index in [1.54, 1.807) is 24.3 Å². The van der Waals surface area contributed by atoms with E-state index in [0.717, 1.165) is 44.7 Å². The third-order valence-corrected chi connectivity index (χ3v) is 7.10. The average Bonchev–Trinajstić information content (AvgIpc) is 2.89. The third kappa shape index (κ3) is 3.81. The normalized spacial score (nSPS) is 21.2. The first-order chi connectivity index (χ1) is 17.1. The highest BCUT2D eigenvalue weighted by atomic mass is 16.5. The Morgan fingerprint density at radius 2 is 1.77 bits per heavy atom. The van der Waals surface area contributed by atoms with Gasteiger partial charge in [-0.15, -0.1) is 0 Å². The van der Waals surface area contributed by atoms with Crippen molar-refractivity contribution >= 4 is 23.0 Å². The maximum Gasteiger partial charge on any atom is 0.196 e. The molecule has 1 saturated heterocycles. The largest absolute Gasteiger partial charge is 0.478 e. The lowest BCUT2D eigenvalue weighted by molar-refractivity contribution is 0.0978. The zero-order valence-corrected chi connectivity index (χ0v) is 19.8. The molecule has 6 rings (SSSR count). The monoisotopic (exact) mass is 468 g/mol. The molecule has 2 heterocycles. The summed E-state index contributed by atoms with van der Waals surface area (Å²) in [5, 5.41) is 6.84. The van der Waals surface area contributed by atoms with Crippen LogP contribution in [0.1, 0.15) is 32.7 Å². The molecule has 1 unspecified atom stereocenters. The molecule has 0 amide bonds. The second kappa shape index (κ2) is 8.91. The molecule has 4 aliphatic rings. The van der Waals surface area contributed by atoms with Crippen LogP contribution in [0.2, 0.25) is 0 Å². The lowest BCUT2D eigenvalue weighted by Crippen LogP contribution is -2.44. The van der Waals surface area contributed by atoms with Crippen molar-refractivity contribution < 1.29 is 14.3 Å². The number of piperazine rings is 1. The zero-order chi connectivity index (χ0) is 23.9. The van der Waals surface area contributed by atoms with Crippen LogP contribution in [0.4, 0.5) is 5.69 Å². The summed E-state index contributed by atoms with van der Waals surface area (Å²) in [7, 11) is 0. The summed E-state index contributed by atoms with van der Waals surface area (Å²) in [6.07, 6.45) is 2.32. The first kappa shape index (κ1) is 21.9. The van der Waals surface area contributed by atoms with Gasteiger partial charge in [-0.3, -0.25) is 9.59 Å². The van der Waals surface area contributed by atoms with Gasteiger partial charge in [-0.2, -0.15) is 0 Å². The number of carbonyl (C=O) groups is 2. The smallest absolute Gasteiger partial charge is 0.196 e. The third-order valence-electron chi connectivity index (χ3n) is 7.10. The lowest BCUT2D eigenvalue weighted by Gasteiger charge is -2.34.